The average molecular weight is 392 g/mol. The van der Waals surface area contributed by atoms with Gasteiger partial charge in [0.25, 0.3) is 0 Å². The summed E-state index contributed by atoms with van der Waals surface area (Å²) in [5.41, 5.74) is 0.898. The zero-order valence-electron chi connectivity index (χ0n) is 16.7. The van der Waals surface area contributed by atoms with Gasteiger partial charge in [-0.2, -0.15) is 0 Å². The minimum Gasteiger partial charge on any atom is -0.497 e. The predicted octanol–water partition coefficient (Wildman–Crippen LogP) is 1.54. The largest absolute Gasteiger partial charge is 0.497 e. The topological polar surface area (TPSA) is 114 Å². The fourth-order valence-electron chi connectivity index (χ4n) is 3.19. The zero-order chi connectivity index (χ0) is 20.8. The molecule has 0 aromatic heterocycles. The molecule has 0 radical (unpaired) electrons. The molecular weight excluding hydrogens is 364 g/mol. The number of amides is 2. The van der Waals surface area contributed by atoms with Gasteiger partial charge < -0.3 is 25.2 Å². The molecule has 0 bridgehead atoms. The highest BCUT2D eigenvalue weighted by Gasteiger charge is 2.45. The maximum Gasteiger partial charge on any atom is 0.326 e. The number of hydrogen-bond acceptors (Lipinski definition) is 5. The molecule has 1 saturated carbocycles. The Morgan fingerprint density at radius 3 is 2.50 bits per heavy atom. The standard InChI is InChI=1S/C20H28N2O6/c1-11(2)7-16(20(25)26)22-18(23)10-21-19(24)15-9-13(15)14-8-12(27-3)5-6-17(14)28-4/h5-6,8,11,13,15-16H,7,9-10H2,1-4H3,(H,21,24)(H,22,23)(H,25,26)/t13?,15?,16-/m0/s1. The van der Waals surface area contributed by atoms with E-state index in [1.807, 2.05) is 19.9 Å². The van der Waals surface area contributed by atoms with Gasteiger partial charge in [0, 0.05) is 17.4 Å². The molecule has 28 heavy (non-hydrogen) atoms. The Labute approximate surface area is 164 Å². The Hall–Kier alpha value is -2.77. The molecule has 154 valence electrons. The number of aliphatic carboxylic acids is 1. The van der Waals surface area contributed by atoms with Gasteiger partial charge in [0.1, 0.15) is 17.5 Å². The van der Waals surface area contributed by atoms with Crippen LogP contribution in [-0.2, 0) is 14.4 Å². The molecule has 1 aliphatic carbocycles. The van der Waals surface area contributed by atoms with Crippen LogP contribution in [0.4, 0.5) is 0 Å². The molecule has 3 atom stereocenters. The van der Waals surface area contributed by atoms with Crippen LogP contribution in [0.25, 0.3) is 0 Å². The second-order valence-corrected chi connectivity index (χ2v) is 7.36. The average Bonchev–Trinajstić information content (AvgIpc) is 3.45. The van der Waals surface area contributed by atoms with Gasteiger partial charge in [-0.3, -0.25) is 9.59 Å². The van der Waals surface area contributed by atoms with Crippen LogP contribution in [0.3, 0.4) is 0 Å². The van der Waals surface area contributed by atoms with E-state index in [4.69, 9.17) is 9.47 Å². The lowest BCUT2D eigenvalue weighted by atomic mass is 10.0. The maximum absolute atomic E-state index is 12.4. The number of rotatable bonds is 10. The first kappa shape index (κ1) is 21.5. The van der Waals surface area contributed by atoms with Crippen molar-refractivity contribution < 1.29 is 29.0 Å². The molecule has 2 unspecified atom stereocenters. The van der Waals surface area contributed by atoms with Gasteiger partial charge in [-0.15, -0.1) is 0 Å². The van der Waals surface area contributed by atoms with E-state index in [1.165, 1.54) is 0 Å². The number of hydrogen-bond donors (Lipinski definition) is 3. The first-order chi connectivity index (χ1) is 13.3. The lowest BCUT2D eigenvalue weighted by Crippen LogP contribution is -2.46. The van der Waals surface area contributed by atoms with Crippen molar-refractivity contribution in [2.45, 2.75) is 38.6 Å². The summed E-state index contributed by atoms with van der Waals surface area (Å²) in [4.78, 5) is 35.6. The van der Waals surface area contributed by atoms with Crippen molar-refractivity contribution in [1.29, 1.82) is 0 Å². The molecule has 1 aliphatic rings. The van der Waals surface area contributed by atoms with E-state index in [0.717, 1.165) is 5.56 Å². The maximum atomic E-state index is 12.4. The number of carbonyl (C=O) groups is 3. The van der Waals surface area contributed by atoms with Crippen LogP contribution in [0.15, 0.2) is 18.2 Å². The molecule has 8 nitrogen and oxygen atoms in total. The number of methoxy groups -OCH3 is 2. The molecule has 2 amide bonds. The highest BCUT2D eigenvalue weighted by Crippen LogP contribution is 2.51. The van der Waals surface area contributed by atoms with Crippen LogP contribution >= 0.6 is 0 Å². The van der Waals surface area contributed by atoms with Crippen molar-refractivity contribution in [3.8, 4) is 11.5 Å². The SMILES string of the molecule is COc1ccc(OC)c(C2CC2C(=O)NCC(=O)N[C@@H](CC(C)C)C(=O)O)c1. The molecule has 0 aliphatic heterocycles. The lowest BCUT2D eigenvalue weighted by Gasteiger charge is -2.16. The lowest BCUT2D eigenvalue weighted by molar-refractivity contribution is -0.142. The first-order valence-corrected chi connectivity index (χ1v) is 9.28. The van der Waals surface area contributed by atoms with Gasteiger partial charge in [-0.25, -0.2) is 4.79 Å². The van der Waals surface area contributed by atoms with Crippen molar-refractivity contribution in [2.75, 3.05) is 20.8 Å². The van der Waals surface area contributed by atoms with E-state index >= 15 is 0 Å². The van der Waals surface area contributed by atoms with Gasteiger partial charge in [0.2, 0.25) is 11.8 Å². The van der Waals surface area contributed by atoms with Crippen molar-refractivity contribution in [2.24, 2.45) is 11.8 Å². The highest BCUT2D eigenvalue weighted by atomic mass is 16.5. The summed E-state index contributed by atoms with van der Waals surface area (Å²) in [5.74, 6) is -0.580. The minimum absolute atomic E-state index is 0.000760. The van der Waals surface area contributed by atoms with Gasteiger partial charge in [-0.1, -0.05) is 13.8 Å². The monoisotopic (exact) mass is 392 g/mol. The molecular formula is C20H28N2O6. The van der Waals surface area contributed by atoms with E-state index in [-0.39, 0.29) is 30.2 Å². The van der Waals surface area contributed by atoms with Crippen molar-refractivity contribution in [3.63, 3.8) is 0 Å². The Kier molecular flexibility index (Phi) is 7.25. The Morgan fingerprint density at radius 1 is 1.21 bits per heavy atom. The van der Waals surface area contributed by atoms with E-state index < -0.39 is 17.9 Å². The van der Waals surface area contributed by atoms with Gasteiger partial charge in [0.15, 0.2) is 0 Å². The second kappa shape index (κ2) is 9.43. The third kappa shape index (κ3) is 5.61. The summed E-state index contributed by atoms with van der Waals surface area (Å²) >= 11 is 0. The normalized spacial score (nSPS) is 18.9. The van der Waals surface area contributed by atoms with Crippen LogP contribution < -0.4 is 20.1 Å². The van der Waals surface area contributed by atoms with E-state index in [9.17, 15) is 19.5 Å². The van der Waals surface area contributed by atoms with E-state index in [2.05, 4.69) is 10.6 Å². The first-order valence-electron chi connectivity index (χ1n) is 9.28. The van der Waals surface area contributed by atoms with Crippen molar-refractivity contribution >= 4 is 17.8 Å². The number of carbonyl (C=O) groups excluding carboxylic acids is 2. The smallest absolute Gasteiger partial charge is 0.326 e. The summed E-state index contributed by atoms with van der Waals surface area (Å²) in [6, 6.07) is 4.49. The molecule has 0 heterocycles. The summed E-state index contributed by atoms with van der Waals surface area (Å²) in [5, 5.41) is 14.2. The van der Waals surface area contributed by atoms with Crippen LogP contribution in [0, 0.1) is 11.8 Å². The highest BCUT2D eigenvalue weighted by molar-refractivity contribution is 5.90. The van der Waals surface area contributed by atoms with E-state index in [0.29, 0.717) is 24.3 Å². The number of carboxylic acid groups (broad SMARTS) is 1. The number of ether oxygens (including phenoxy) is 2. The third-order valence-corrected chi connectivity index (χ3v) is 4.73. The molecule has 2 rings (SSSR count). The fraction of sp³-hybridized carbons (Fsp3) is 0.550. The molecule has 8 heteroatoms. The van der Waals surface area contributed by atoms with Crippen LogP contribution in [0.1, 0.15) is 38.2 Å². The Balaban J connectivity index is 1.88. The summed E-state index contributed by atoms with van der Waals surface area (Å²) in [7, 11) is 3.15. The molecule has 0 saturated heterocycles. The molecule has 0 spiro atoms. The van der Waals surface area contributed by atoms with Crippen LogP contribution in [0.5, 0.6) is 11.5 Å². The van der Waals surface area contributed by atoms with Crippen LogP contribution in [0.2, 0.25) is 0 Å². The number of nitrogens with one attached hydrogen (secondary N) is 2. The van der Waals surface area contributed by atoms with Gasteiger partial charge in [0.05, 0.1) is 20.8 Å². The summed E-state index contributed by atoms with van der Waals surface area (Å²) < 4.78 is 10.6. The quantitative estimate of drug-likeness (QED) is 0.557. The van der Waals surface area contributed by atoms with Crippen LogP contribution in [-0.4, -0.2) is 49.7 Å². The van der Waals surface area contributed by atoms with Crippen molar-refractivity contribution in [3.05, 3.63) is 23.8 Å². The zero-order valence-corrected chi connectivity index (χ0v) is 16.7. The molecule has 1 aromatic rings. The predicted molar refractivity (Wildman–Crippen MR) is 102 cm³/mol. The van der Waals surface area contributed by atoms with Gasteiger partial charge >= 0.3 is 5.97 Å². The number of benzene rings is 1. The summed E-state index contributed by atoms with van der Waals surface area (Å²) in [6.45, 7) is 3.51. The van der Waals surface area contributed by atoms with E-state index in [1.54, 1.807) is 26.4 Å². The second-order valence-electron chi connectivity index (χ2n) is 7.36. The molecule has 3 N–H and O–H groups in total. The minimum atomic E-state index is -1.08. The fourth-order valence-corrected chi connectivity index (χ4v) is 3.19. The third-order valence-electron chi connectivity index (χ3n) is 4.73. The van der Waals surface area contributed by atoms with Crippen molar-refractivity contribution in [1.82, 2.24) is 10.6 Å². The van der Waals surface area contributed by atoms with Gasteiger partial charge in [-0.05, 0) is 37.0 Å². The molecule has 1 aromatic carbocycles. The Morgan fingerprint density at radius 2 is 1.93 bits per heavy atom. The molecule has 1 fully saturated rings. The Bertz CT molecular complexity index is 733. The number of carboxylic acids is 1. The summed E-state index contributed by atoms with van der Waals surface area (Å²) in [6.07, 6.45) is 0.984.